The number of hydrogen-bond donors (Lipinski definition) is 1. The van der Waals surface area contributed by atoms with Crippen LogP contribution in [0.1, 0.15) is 12.0 Å². The molecule has 0 aliphatic carbocycles. The zero-order valence-corrected chi connectivity index (χ0v) is 14.9. The van der Waals surface area contributed by atoms with Gasteiger partial charge in [-0.2, -0.15) is 0 Å². The van der Waals surface area contributed by atoms with Crippen molar-refractivity contribution in [2.75, 3.05) is 16.8 Å². The van der Waals surface area contributed by atoms with Gasteiger partial charge in [-0.05, 0) is 42.8 Å². The van der Waals surface area contributed by atoms with Crippen LogP contribution in [-0.4, -0.2) is 18.4 Å². The van der Waals surface area contributed by atoms with Gasteiger partial charge in [0.1, 0.15) is 17.3 Å². The third kappa shape index (κ3) is 3.56. The minimum atomic E-state index is -0.849. The molecule has 130 valence electrons. The molecule has 1 unspecified atom stereocenters. The number of nitrogens with zero attached hydrogens (tertiary/aromatic N) is 1. The molecule has 1 N–H and O–H groups in total. The summed E-state index contributed by atoms with van der Waals surface area (Å²) in [4.78, 5) is 26.1. The molecule has 0 radical (unpaired) electrons. The van der Waals surface area contributed by atoms with Gasteiger partial charge in [0.05, 0.1) is 5.92 Å². The summed E-state index contributed by atoms with van der Waals surface area (Å²) in [6.45, 7) is 2.07. The molecule has 0 bridgehead atoms. The number of carbonyl (C=O) groups excluding carboxylic acids is 2. The zero-order valence-electron chi connectivity index (χ0n) is 13.4. The van der Waals surface area contributed by atoms with Gasteiger partial charge in [-0.15, -0.1) is 0 Å². The molecule has 25 heavy (non-hydrogen) atoms. The molecule has 2 aromatic rings. The van der Waals surface area contributed by atoms with Crippen LogP contribution in [0.3, 0.4) is 0 Å². The largest absolute Gasteiger partial charge is 0.321 e. The molecule has 7 heteroatoms. The summed E-state index contributed by atoms with van der Waals surface area (Å²) in [5, 5.41) is 2.26. The number of anilines is 2. The van der Waals surface area contributed by atoms with E-state index in [0.29, 0.717) is 5.69 Å². The maximum atomic E-state index is 13.7. The normalized spacial score (nSPS) is 17.0. The molecule has 1 heterocycles. The summed E-state index contributed by atoms with van der Waals surface area (Å²) in [7, 11) is 0. The van der Waals surface area contributed by atoms with Gasteiger partial charge in [-0.3, -0.25) is 9.59 Å². The van der Waals surface area contributed by atoms with Crippen LogP contribution in [0, 0.1) is 24.5 Å². The van der Waals surface area contributed by atoms with Crippen molar-refractivity contribution >= 4 is 39.1 Å². The minimum Gasteiger partial charge on any atom is -0.321 e. The molecule has 1 aliphatic rings. The molecule has 0 spiro atoms. The minimum absolute atomic E-state index is 0.00296. The summed E-state index contributed by atoms with van der Waals surface area (Å²) in [6, 6.07) is 8.81. The average Bonchev–Trinajstić information content (AvgIpc) is 2.95. The molecule has 2 amide bonds. The number of carbonyl (C=O) groups is 2. The molecule has 1 fully saturated rings. The standard InChI is InChI=1S/C18H15BrF2N2O2/c1-10-7-12(5-6-13(10)19)23-9-11(8-16(23)24)18(25)22-17-14(20)3-2-4-15(17)21/h2-7,11H,8-9H2,1H3,(H,22,25). The second-order valence-corrected chi connectivity index (χ2v) is 6.78. The number of hydrogen-bond acceptors (Lipinski definition) is 2. The van der Waals surface area contributed by atoms with E-state index < -0.39 is 29.1 Å². The Bertz CT molecular complexity index is 837. The Kier molecular flexibility index (Phi) is 4.85. The van der Waals surface area contributed by atoms with E-state index in [0.717, 1.165) is 22.2 Å². The van der Waals surface area contributed by atoms with Crippen molar-refractivity contribution in [3.63, 3.8) is 0 Å². The first-order valence-corrected chi connectivity index (χ1v) is 8.47. The van der Waals surface area contributed by atoms with Gasteiger partial charge in [0.2, 0.25) is 11.8 Å². The lowest BCUT2D eigenvalue weighted by molar-refractivity contribution is -0.122. The number of para-hydroxylation sites is 1. The lowest BCUT2D eigenvalue weighted by Gasteiger charge is -2.18. The van der Waals surface area contributed by atoms with Crippen molar-refractivity contribution < 1.29 is 18.4 Å². The molecule has 0 aromatic heterocycles. The van der Waals surface area contributed by atoms with Crippen LogP contribution < -0.4 is 10.2 Å². The lowest BCUT2D eigenvalue weighted by atomic mass is 10.1. The number of aryl methyl sites for hydroxylation is 1. The molecular formula is C18H15BrF2N2O2. The highest BCUT2D eigenvalue weighted by atomic mass is 79.9. The van der Waals surface area contributed by atoms with E-state index >= 15 is 0 Å². The quantitative estimate of drug-likeness (QED) is 0.833. The van der Waals surface area contributed by atoms with E-state index in [1.807, 2.05) is 19.1 Å². The summed E-state index contributed by atoms with van der Waals surface area (Å²) in [5.74, 6) is -3.14. The number of rotatable bonds is 3. The zero-order chi connectivity index (χ0) is 18.1. The fourth-order valence-electron chi connectivity index (χ4n) is 2.77. The fourth-order valence-corrected chi connectivity index (χ4v) is 3.02. The second-order valence-electron chi connectivity index (χ2n) is 5.92. The Morgan fingerprint density at radius 2 is 1.92 bits per heavy atom. The van der Waals surface area contributed by atoms with E-state index in [9.17, 15) is 18.4 Å². The fraction of sp³-hybridized carbons (Fsp3) is 0.222. The highest BCUT2D eigenvalue weighted by Gasteiger charge is 2.35. The number of benzene rings is 2. The predicted octanol–water partition coefficient (Wildman–Crippen LogP) is 4.03. The number of amides is 2. The van der Waals surface area contributed by atoms with Crippen LogP contribution in [0.4, 0.5) is 20.2 Å². The summed E-state index contributed by atoms with van der Waals surface area (Å²) in [5.41, 5.74) is 1.17. The Morgan fingerprint density at radius 1 is 1.24 bits per heavy atom. The van der Waals surface area contributed by atoms with E-state index in [2.05, 4.69) is 21.2 Å². The van der Waals surface area contributed by atoms with Crippen molar-refractivity contribution in [3.05, 3.63) is 58.1 Å². The van der Waals surface area contributed by atoms with E-state index in [4.69, 9.17) is 0 Å². The van der Waals surface area contributed by atoms with E-state index in [1.54, 1.807) is 6.07 Å². The summed E-state index contributed by atoms with van der Waals surface area (Å²) >= 11 is 3.40. The van der Waals surface area contributed by atoms with Gasteiger partial charge < -0.3 is 10.2 Å². The molecule has 1 atom stereocenters. The maximum absolute atomic E-state index is 13.7. The van der Waals surface area contributed by atoms with Crippen molar-refractivity contribution in [3.8, 4) is 0 Å². The van der Waals surface area contributed by atoms with Crippen LogP contribution in [-0.2, 0) is 9.59 Å². The van der Waals surface area contributed by atoms with E-state index in [-0.39, 0.29) is 18.9 Å². The molecule has 4 nitrogen and oxygen atoms in total. The van der Waals surface area contributed by atoms with Crippen LogP contribution in [0.25, 0.3) is 0 Å². The third-order valence-electron chi connectivity index (χ3n) is 4.16. The summed E-state index contributed by atoms with van der Waals surface area (Å²) in [6.07, 6.45) is -0.00296. The van der Waals surface area contributed by atoms with Crippen molar-refractivity contribution in [1.29, 1.82) is 0 Å². The maximum Gasteiger partial charge on any atom is 0.229 e. The Balaban J connectivity index is 1.75. The monoisotopic (exact) mass is 408 g/mol. The highest BCUT2D eigenvalue weighted by molar-refractivity contribution is 9.10. The van der Waals surface area contributed by atoms with Gasteiger partial charge in [0.15, 0.2) is 0 Å². The Morgan fingerprint density at radius 3 is 2.56 bits per heavy atom. The SMILES string of the molecule is Cc1cc(N2CC(C(=O)Nc3c(F)cccc3F)CC2=O)ccc1Br. The second kappa shape index (κ2) is 6.92. The first-order chi connectivity index (χ1) is 11.9. The van der Waals surface area contributed by atoms with Crippen LogP contribution >= 0.6 is 15.9 Å². The van der Waals surface area contributed by atoms with Crippen molar-refractivity contribution in [2.24, 2.45) is 5.92 Å². The van der Waals surface area contributed by atoms with Crippen molar-refractivity contribution in [1.82, 2.24) is 0 Å². The molecule has 0 saturated carbocycles. The van der Waals surface area contributed by atoms with Crippen LogP contribution in [0.2, 0.25) is 0 Å². The smallest absolute Gasteiger partial charge is 0.229 e. The Labute approximate surface area is 152 Å². The van der Waals surface area contributed by atoms with Gasteiger partial charge >= 0.3 is 0 Å². The topological polar surface area (TPSA) is 49.4 Å². The van der Waals surface area contributed by atoms with E-state index in [1.165, 1.54) is 11.0 Å². The first-order valence-electron chi connectivity index (χ1n) is 7.68. The lowest BCUT2D eigenvalue weighted by Crippen LogP contribution is -2.28. The molecular weight excluding hydrogens is 394 g/mol. The summed E-state index contributed by atoms with van der Waals surface area (Å²) < 4.78 is 28.2. The van der Waals surface area contributed by atoms with Crippen LogP contribution in [0.5, 0.6) is 0 Å². The van der Waals surface area contributed by atoms with Crippen molar-refractivity contribution in [2.45, 2.75) is 13.3 Å². The average molecular weight is 409 g/mol. The predicted molar refractivity (Wildman–Crippen MR) is 94.3 cm³/mol. The number of nitrogens with one attached hydrogen (secondary N) is 1. The van der Waals surface area contributed by atoms with Gasteiger partial charge in [0, 0.05) is 23.1 Å². The third-order valence-corrected chi connectivity index (χ3v) is 5.05. The van der Waals surface area contributed by atoms with Gasteiger partial charge in [0.25, 0.3) is 0 Å². The molecule has 1 saturated heterocycles. The molecule has 3 rings (SSSR count). The van der Waals surface area contributed by atoms with Crippen LogP contribution in [0.15, 0.2) is 40.9 Å². The van der Waals surface area contributed by atoms with Gasteiger partial charge in [-0.25, -0.2) is 8.78 Å². The van der Waals surface area contributed by atoms with Gasteiger partial charge in [-0.1, -0.05) is 22.0 Å². The first kappa shape index (κ1) is 17.5. The number of halogens is 3. The molecule has 1 aliphatic heterocycles. The Hall–Kier alpha value is -2.28. The highest BCUT2D eigenvalue weighted by Crippen LogP contribution is 2.29. The molecule has 2 aromatic carbocycles.